The van der Waals surface area contributed by atoms with Crippen molar-refractivity contribution in [3.05, 3.63) is 83.3 Å². The standard InChI is InChI=1S/C18H15ClN2O4S/c19-15-4-1-2-6-17(15)26(23,24)20-12-13-7-9-14(10-8-13)21-18(22)16-5-3-11-25-16/h1-11,20H,12H2,(H,21,22). The van der Waals surface area contributed by atoms with E-state index >= 15 is 0 Å². The summed E-state index contributed by atoms with van der Waals surface area (Å²) in [6, 6.07) is 16.2. The molecule has 3 rings (SSSR count). The van der Waals surface area contributed by atoms with E-state index in [1.165, 1.54) is 18.4 Å². The zero-order valence-corrected chi connectivity index (χ0v) is 15.0. The van der Waals surface area contributed by atoms with E-state index in [4.69, 9.17) is 16.0 Å². The average Bonchev–Trinajstić information content (AvgIpc) is 3.16. The molecule has 2 N–H and O–H groups in total. The highest BCUT2D eigenvalue weighted by Gasteiger charge is 2.16. The number of anilines is 1. The van der Waals surface area contributed by atoms with Crippen LogP contribution in [0.25, 0.3) is 0 Å². The molecule has 0 spiro atoms. The summed E-state index contributed by atoms with van der Waals surface area (Å²) in [7, 11) is -3.71. The van der Waals surface area contributed by atoms with Crippen molar-refractivity contribution in [2.45, 2.75) is 11.4 Å². The summed E-state index contributed by atoms with van der Waals surface area (Å²) in [4.78, 5) is 11.9. The quantitative estimate of drug-likeness (QED) is 0.672. The Morgan fingerprint density at radius 3 is 2.38 bits per heavy atom. The van der Waals surface area contributed by atoms with E-state index < -0.39 is 10.0 Å². The van der Waals surface area contributed by atoms with Crippen LogP contribution < -0.4 is 10.0 Å². The Morgan fingerprint density at radius 1 is 1.00 bits per heavy atom. The molecule has 0 saturated heterocycles. The minimum atomic E-state index is -3.71. The topological polar surface area (TPSA) is 88.4 Å². The summed E-state index contributed by atoms with van der Waals surface area (Å²) in [5.41, 5.74) is 1.31. The van der Waals surface area contributed by atoms with Gasteiger partial charge < -0.3 is 9.73 Å². The Labute approximate surface area is 155 Å². The molecule has 0 aliphatic heterocycles. The first-order valence-electron chi connectivity index (χ1n) is 7.64. The lowest BCUT2D eigenvalue weighted by Crippen LogP contribution is -2.23. The molecule has 0 radical (unpaired) electrons. The fraction of sp³-hybridized carbons (Fsp3) is 0.0556. The molecule has 0 aliphatic carbocycles. The Morgan fingerprint density at radius 2 is 1.73 bits per heavy atom. The van der Waals surface area contributed by atoms with E-state index in [-0.39, 0.29) is 28.1 Å². The predicted octanol–water partition coefficient (Wildman–Crippen LogP) is 3.66. The highest BCUT2D eigenvalue weighted by molar-refractivity contribution is 7.89. The number of halogens is 1. The fourth-order valence-corrected chi connectivity index (χ4v) is 3.76. The summed E-state index contributed by atoms with van der Waals surface area (Å²) in [5, 5.41) is 2.85. The van der Waals surface area contributed by atoms with Crippen LogP contribution in [0.5, 0.6) is 0 Å². The summed E-state index contributed by atoms with van der Waals surface area (Å²) < 4.78 is 32.1. The Kier molecular flexibility index (Phi) is 5.41. The second kappa shape index (κ2) is 7.74. The van der Waals surface area contributed by atoms with Crippen molar-refractivity contribution < 1.29 is 17.6 Å². The van der Waals surface area contributed by atoms with E-state index in [1.54, 1.807) is 48.5 Å². The Balaban J connectivity index is 1.63. The third-order valence-corrected chi connectivity index (χ3v) is 5.45. The first-order valence-corrected chi connectivity index (χ1v) is 9.50. The Bertz CT molecular complexity index is 1000. The second-order valence-electron chi connectivity index (χ2n) is 5.38. The lowest BCUT2D eigenvalue weighted by atomic mass is 10.2. The van der Waals surface area contributed by atoms with Gasteiger partial charge in [0.15, 0.2) is 5.76 Å². The average molecular weight is 391 g/mol. The molecule has 3 aromatic rings. The maximum atomic E-state index is 12.3. The third kappa shape index (κ3) is 4.32. The zero-order valence-electron chi connectivity index (χ0n) is 13.5. The molecule has 1 heterocycles. The Hall–Kier alpha value is -2.61. The molecular weight excluding hydrogens is 376 g/mol. The summed E-state index contributed by atoms with van der Waals surface area (Å²) in [6.45, 7) is 0.0972. The minimum Gasteiger partial charge on any atom is -0.459 e. The second-order valence-corrected chi connectivity index (χ2v) is 7.53. The maximum Gasteiger partial charge on any atom is 0.291 e. The monoisotopic (exact) mass is 390 g/mol. The van der Waals surface area contributed by atoms with Gasteiger partial charge in [0.25, 0.3) is 5.91 Å². The fourth-order valence-electron chi connectivity index (χ4n) is 2.23. The molecule has 2 aromatic carbocycles. The van der Waals surface area contributed by atoms with Gasteiger partial charge in [0, 0.05) is 12.2 Å². The third-order valence-electron chi connectivity index (χ3n) is 3.55. The van der Waals surface area contributed by atoms with Crippen molar-refractivity contribution in [3.63, 3.8) is 0 Å². The molecule has 26 heavy (non-hydrogen) atoms. The summed E-state index contributed by atoms with van der Waals surface area (Å²) >= 11 is 5.93. The van der Waals surface area contributed by atoms with Crippen molar-refractivity contribution >= 4 is 33.2 Å². The molecule has 0 fully saturated rings. The van der Waals surface area contributed by atoms with Gasteiger partial charge in [-0.2, -0.15) is 0 Å². The number of hydrogen-bond donors (Lipinski definition) is 2. The molecule has 0 aliphatic rings. The number of rotatable bonds is 6. The number of amides is 1. The van der Waals surface area contributed by atoms with Crippen molar-refractivity contribution in [2.75, 3.05) is 5.32 Å². The molecule has 0 unspecified atom stereocenters. The van der Waals surface area contributed by atoms with Crippen LogP contribution >= 0.6 is 11.6 Å². The van der Waals surface area contributed by atoms with Crippen LogP contribution in [0, 0.1) is 0 Å². The molecule has 8 heteroatoms. The molecule has 1 amide bonds. The predicted molar refractivity (Wildman–Crippen MR) is 98.6 cm³/mol. The van der Waals surface area contributed by atoms with Gasteiger partial charge in [-0.15, -0.1) is 0 Å². The molecule has 134 valence electrons. The van der Waals surface area contributed by atoms with E-state index in [0.29, 0.717) is 5.69 Å². The van der Waals surface area contributed by atoms with Crippen molar-refractivity contribution in [3.8, 4) is 0 Å². The highest BCUT2D eigenvalue weighted by Crippen LogP contribution is 2.20. The first kappa shape index (κ1) is 18.2. The van der Waals surface area contributed by atoms with Gasteiger partial charge in [-0.1, -0.05) is 35.9 Å². The number of carbonyl (C=O) groups excluding carboxylic acids is 1. The van der Waals surface area contributed by atoms with E-state index in [9.17, 15) is 13.2 Å². The summed E-state index contributed by atoms with van der Waals surface area (Å²) in [5.74, 6) is -0.149. The molecule has 0 atom stereocenters. The largest absolute Gasteiger partial charge is 0.459 e. The zero-order chi connectivity index (χ0) is 18.6. The van der Waals surface area contributed by atoms with E-state index in [2.05, 4.69) is 10.0 Å². The SMILES string of the molecule is O=C(Nc1ccc(CNS(=O)(=O)c2ccccc2Cl)cc1)c1ccco1. The smallest absolute Gasteiger partial charge is 0.291 e. The van der Waals surface area contributed by atoms with E-state index in [0.717, 1.165) is 5.56 Å². The highest BCUT2D eigenvalue weighted by atomic mass is 35.5. The number of nitrogens with one attached hydrogen (secondary N) is 2. The van der Waals surface area contributed by atoms with E-state index in [1.807, 2.05) is 0 Å². The van der Waals surface area contributed by atoms with Crippen LogP contribution in [0.15, 0.2) is 76.2 Å². The molecule has 0 saturated carbocycles. The van der Waals surface area contributed by atoms with Crippen LogP contribution in [0.3, 0.4) is 0 Å². The molecular formula is C18H15ClN2O4S. The summed E-state index contributed by atoms with van der Waals surface area (Å²) in [6.07, 6.45) is 1.42. The van der Waals surface area contributed by atoms with Crippen molar-refractivity contribution in [1.82, 2.24) is 4.72 Å². The van der Waals surface area contributed by atoms with Gasteiger partial charge in [0.1, 0.15) is 4.90 Å². The molecule has 6 nitrogen and oxygen atoms in total. The van der Waals surface area contributed by atoms with Gasteiger partial charge >= 0.3 is 0 Å². The number of carbonyl (C=O) groups is 1. The van der Waals surface area contributed by atoms with Gasteiger partial charge in [-0.25, -0.2) is 13.1 Å². The van der Waals surface area contributed by atoms with Gasteiger partial charge in [0.2, 0.25) is 10.0 Å². The molecule has 1 aromatic heterocycles. The van der Waals surface area contributed by atoms with Crippen LogP contribution in [0.1, 0.15) is 16.1 Å². The van der Waals surface area contributed by atoms with Crippen LogP contribution in [-0.2, 0) is 16.6 Å². The first-order chi connectivity index (χ1) is 12.5. The molecule has 0 bridgehead atoms. The number of furan rings is 1. The normalized spacial score (nSPS) is 11.3. The maximum absolute atomic E-state index is 12.3. The van der Waals surface area contributed by atoms with Crippen molar-refractivity contribution in [2.24, 2.45) is 0 Å². The lowest BCUT2D eigenvalue weighted by molar-refractivity contribution is 0.0996. The lowest BCUT2D eigenvalue weighted by Gasteiger charge is -2.09. The van der Waals surface area contributed by atoms with Crippen LogP contribution in [0.4, 0.5) is 5.69 Å². The van der Waals surface area contributed by atoms with Gasteiger partial charge in [-0.05, 0) is 42.0 Å². The van der Waals surface area contributed by atoms with Crippen molar-refractivity contribution in [1.29, 1.82) is 0 Å². The number of sulfonamides is 1. The number of hydrogen-bond acceptors (Lipinski definition) is 4. The van der Waals surface area contributed by atoms with Crippen LogP contribution in [-0.4, -0.2) is 14.3 Å². The van der Waals surface area contributed by atoms with Gasteiger partial charge in [0.05, 0.1) is 11.3 Å². The van der Waals surface area contributed by atoms with Gasteiger partial charge in [-0.3, -0.25) is 4.79 Å². The minimum absolute atomic E-state index is 0.0315. The number of benzene rings is 2. The van der Waals surface area contributed by atoms with Crippen LogP contribution in [0.2, 0.25) is 5.02 Å².